The van der Waals surface area contributed by atoms with Crippen molar-refractivity contribution in [1.29, 1.82) is 5.26 Å². The molecule has 222 valence electrons. The van der Waals surface area contributed by atoms with E-state index >= 15 is 0 Å². The number of para-hydroxylation sites is 2. The Balaban J connectivity index is 1.80. The number of hydrogen-bond acceptors (Lipinski definition) is 6. The molecule has 4 aromatic rings. The van der Waals surface area contributed by atoms with E-state index in [1.807, 2.05) is 54.2 Å². The number of thiophene rings is 1. The first-order valence-corrected chi connectivity index (χ1v) is 17.3. The molecule has 0 bridgehead atoms. The van der Waals surface area contributed by atoms with E-state index in [9.17, 15) is 15.2 Å². The lowest BCUT2D eigenvalue weighted by Gasteiger charge is -2.25. The highest BCUT2D eigenvalue weighted by molar-refractivity contribution is 8.02. The molecule has 0 radical (unpaired) electrons. The lowest BCUT2D eigenvalue weighted by molar-refractivity contribution is -0.132. The van der Waals surface area contributed by atoms with Gasteiger partial charge in [0.1, 0.15) is 11.6 Å². The summed E-state index contributed by atoms with van der Waals surface area (Å²) in [6.07, 6.45) is 3.70. The smallest absolute Gasteiger partial charge is 0.346 e. The van der Waals surface area contributed by atoms with Gasteiger partial charge in [-0.15, -0.1) is 34.9 Å². The van der Waals surface area contributed by atoms with Crippen LogP contribution in [0.3, 0.4) is 0 Å². The molecule has 0 spiro atoms. The number of anilines is 3. The number of aliphatic carboxylic acids is 1. The van der Waals surface area contributed by atoms with Crippen LogP contribution in [0.2, 0.25) is 0 Å². The molecule has 0 unspecified atom stereocenters. The molecule has 43 heavy (non-hydrogen) atoms. The second-order valence-electron chi connectivity index (χ2n) is 11.0. The fourth-order valence-corrected chi connectivity index (χ4v) is 9.04. The van der Waals surface area contributed by atoms with Crippen LogP contribution in [0.1, 0.15) is 45.4 Å². The van der Waals surface area contributed by atoms with Crippen molar-refractivity contribution in [3.8, 4) is 16.5 Å². The van der Waals surface area contributed by atoms with Gasteiger partial charge in [0, 0.05) is 36.6 Å². The number of carbonyl (C=O) groups is 1. The van der Waals surface area contributed by atoms with Crippen LogP contribution in [0.25, 0.3) is 16.5 Å². The Morgan fingerprint density at radius 1 is 0.814 bits per heavy atom. The number of thioether (sulfide) groups is 2. The maximum atomic E-state index is 11.8. The Bertz CT molecular complexity index is 1510. The molecule has 3 aromatic carbocycles. The quantitative estimate of drug-likeness (QED) is 0.0853. The van der Waals surface area contributed by atoms with Gasteiger partial charge >= 0.3 is 5.97 Å². The third kappa shape index (κ3) is 8.79. The van der Waals surface area contributed by atoms with E-state index in [0.717, 1.165) is 61.6 Å². The largest absolute Gasteiger partial charge is 0.477 e. The summed E-state index contributed by atoms with van der Waals surface area (Å²) in [5, 5.41) is 19.2. The second kappa shape index (κ2) is 15.9. The van der Waals surface area contributed by atoms with Crippen LogP contribution in [-0.2, 0) is 4.79 Å². The molecule has 1 aromatic heterocycles. The van der Waals surface area contributed by atoms with E-state index in [1.54, 1.807) is 29.2 Å². The van der Waals surface area contributed by atoms with Gasteiger partial charge in [-0.25, -0.2) is 4.79 Å². The molecule has 4 rings (SSSR count). The van der Waals surface area contributed by atoms with Crippen molar-refractivity contribution in [2.24, 2.45) is 11.8 Å². The van der Waals surface area contributed by atoms with Crippen molar-refractivity contribution in [3.05, 3.63) is 95.4 Å². The van der Waals surface area contributed by atoms with Gasteiger partial charge in [0.15, 0.2) is 0 Å². The lowest BCUT2D eigenvalue weighted by atomic mass is 10.1. The van der Waals surface area contributed by atoms with E-state index in [0.29, 0.717) is 11.8 Å². The van der Waals surface area contributed by atoms with Crippen molar-refractivity contribution in [2.75, 3.05) is 16.4 Å². The van der Waals surface area contributed by atoms with Crippen molar-refractivity contribution in [1.82, 2.24) is 0 Å². The number of nitriles is 1. The first-order valence-electron chi connectivity index (χ1n) is 14.6. The Hall–Kier alpha value is -3.44. The topological polar surface area (TPSA) is 64.3 Å². The van der Waals surface area contributed by atoms with Crippen LogP contribution in [0.15, 0.2) is 100 Å². The van der Waals surface area contributed by atoms with Crippen molar-refractivity contribution in [3.63, 3.8) is 0 Å². The number of carboxylic acid groups (broad SMARTS) is 1. The molecule has 0 amide bonds. The summed E-state index contributed by atoms with van der Waals surface area (Å²) >= 11 is 5.20. The second-order valence-corrected chi connectivity index (χ2v) is 14.3. The molecule has 7 heteroatoms. The van der Waals surface area contributed by atoms with Crippen LogP contribution in [-0.4, -0.2) is 22.6 Å². The van der Waals surface area contributed by atoms with Gasteiger partial charge in [0.2, 0.25) is 0 Å². The molecule has 4 nitrogen and oxygen atoms in total. The van der Waals surface area contributed by atoms with Gasteiger partial charge in [0.25, 0.3) is 0 Å². The molecule has 0 atom stereocenters. The highest BCUT2D eigenvalue weighted by Gasteiger charge is 2.22. The van der Waals surface area contributed by atoms with Crippen molar-refractivity contribution < 1.29 is 9.90 Å². The zero-order valence-electron chi connectivity index (χ0n) is 25.1. The van der Waals surface area contributed by atoms with Gasteiger partial charge in [-0.2, -0.15) is 5.26 Å². The summed E-state index contributed by atoms with van der Waals surface area (Å²) in [7, 11) is 0. The number of hydrogen-bond donors (Lipinski definition) is 1. The van der Waals surface area contributed by atoms with Gasteiger partial charge < -0.3 is 10.0 Å². The molecule has 1 heterocycles. The Labute approximate surface area is 268 Å². The predicted molar refractivity (Wildman–Crippen MR) is 186 cm³/mol. The fourth-order valence-electron chi connectivity index (χ4n) is 4.40. The zero-order valence-corrected chi connectivity index (χ0v) is 27.6. The van der Waals surface area contributed by atoms with Gasteiger partial charge in [-0.05, 0) is 84.2 Å². The molecular formula is C36H38N2O2S3. The van der Waals surface area contributed by atoms with Crippen LogP contribution in [0.5, 0.6) is 0 Å². The van der Waals surface area contributed by atoms with E-state index in [4.69, 9.17) is 0 Å². The minimum Gasteiger partial charge on any atom is -0.477 e. The van der Waals surface area contributed by atoms with Gasteiger partial charge in [-0.1, -0.05) is 76.2 Å². The first kappa shape index (κ1) is 32.5. The maximum absolute atomic E-state index is 11.8. The van der Waals surface area contributed by atoms with E-state index in [2.05, 4.69) is 81.1 Å². The molecular weight excluding hydrogens is 589 g/mol. The van der Waals surface area contributed by atoms with Crippen molar-refractivity contribution in [2.45, 2.75) is 50.3 Å². The third-order valence-electron chi connectivity index (χ3n) is 6.77. The average Bonchev–Trinajstić information content (AvgIpc) is 3.33. The first-order chi connectivity index (χ1) is 20.8. The third-order valence-corrected chi connectivity index (χ3v) is 10.6. The van der Waals surface area contributed by atoms with Crippen LogP contribution in [0.4, 0.5) is 17.1 Å². The lowest BCUT2D eigenvalue weighted by Crippen LogP contribution is -2.09. The monoisotopic (exact) mass is 626 g/mol. The fraction of sp³-hybridized carbons (Fsp3) is 0.278. The molecule has 0 saturated heterocycles. The van der Waals surface area contributed by atoms with E-state index < -0.39 is 5.97 Å². The number of nitrogens with zero attached hydrogens (tertiary/aromatic N) is 2. The summed E-state index contributed by atoms with van der Waals surface area (Å²) < 4.78 is 0. The summed E-state index contributed by atoms with van der Waals surface area (Å²) in [5.41, 5.74) is 4.05. The van der Waals surface area contributed by atoms with E-state index in [-0.39, 0.29) is 5.57 Å². The standard InChI is InChI=1S/C36H38N2O2S3/c1-25(2)19-21-41-34-32(23-28(24-37)36(39)40)43-33(35(34)42-22-20-26(3)4)27-15-17-31(18-16-27)38(29-11-7-5-8-12-29)30-13-9-6-10-14-30/h5-18,23,25-26H,19-22H2,1-4H3,(H,39,40)/b28-23+. The summed E-state index contributed by atoms with van der Waals surface area (Å²) in [5.74, 6) is 1.87. The Morgan fingerprint density at radius 2 is 1.30 bits per heavy atom. The molecule has 0 fully saturated rings. The van der Waals surface area contributed by atoms with Crippen LogP contribution in [0, 0.1) is 23.2 Å². The highest BCUT2D eigenvalue weighted by Crippen LogP contribution is 2.49. The molecule has 0 aliphatic rings. The maximum Gasteiger partial charge on any atom is 0.346 e. The highest BCUT2D eigenvalue weighted by atomic mass is 32.2. The minimum atomic E-state index is -1.20. The number of benzene rings is 3. The van der Waals surface area contributed by atoms with Gasteiger partial charge in [-0.3, -0.25) is 0 Å². The number of rotatable bonds is 14. The Morgan fingerprint density at radius 3 is 1.77 bits per heavy atom. The molecule has 0 aliphatic carbocycles. The number of carboxylic acids is 1. The van der Waals surface area contributed by atoms with Gasteiger partial charge in [0.05, 0.1) is 0 Å². The van der Waals surface area contributed by atoms with Crippen LogP contribution >= 0.6 is 34.9 Å². The van der Waals surface area contributed by atoms with E-state index in [1.165, 1.54) is 4.90 Å². The minimum absolute atomic E-state index is 0.242. The summed E-state index contributed by atoms with van der Waals surface area (Å²) in [4.78, 5) is 18.3. The molecule has 0 saturated carbocycles. The molecule has 1 N–H and O–H groups in total. The SMILES string of the molecule is CC(C)CCSc1c(/C=C(\C#N)C(=O)O)sc(-c2ccc(N(c3ccccc3)c3ccccc3)cc2)c1SCCC(C)C. The van der Waals surface area contributed by atoms with Crippen molar-refractivity contribution >= 4 is 64.0 Å². The zero-order chi connectivity index (χ0) is 30.8. The summed E-state index contributed by atoms with van der Waals surface area (Å²) in [6, 6.07) is 31.2. The Kier molecular flexibility index (Phi) is 12.0. The predicted octanol–water partition coefficient (Wildman–Crippen LogP) is 11.2. The molecule has 0 aliphatic heterocycles. The normalized spacial score (nSPS) is 11.6. The average molecular weight is 627 g/mol. The van der Waals surface area contributed by atoms with Crippen LogP contribution < -0.4 is 4.90 Å². The summed E-state index contributed by atoms with van der Waals surface area (Å²) in [6.45, 7) is 8.90.